The molecule has 0 aliphatic carbocycles. The number of nitrogens with one attached hydrogen (secondary N) is 1. The van der Waals surface area contributed by atoms with E-state index in [2.05, 4.69) is 15.2 Å². The maximum absolute atomic E-state index is 11.1. The summed E-state index contributed by atoms with van der Waals surface area (Å²) in [6.07, 6.45) is 4.74. The number of nitrogens with zero attached hydrogens (tertiary/aromatic N) is 3. The first-order valence-corrected chi connectivity index (χ1v) is 7.28. The molecule has 20 heavy (non-hydrogen) atoms. The fourth-order valence-electron chi connectivity index (χ4n) is 3.39. The molecule has 0 amide bonds. The van der Waals surface area contributed by atoms with Crippen LogP contribution in [-0.2, 0) is 0 Å². The molecule has 2 aliphatic heterocycles. The van der Waals surface area contributed by atoms with Gasteiger partial charge >= 0.3 is 5.69 Å². The van der Waals surface area contributed by atoms with Gasteiger partial charge in [-0.15, -0.1) is 0 Å². The zero-order valence-electron chi connectivity index (χ0n) is 11.7. The quantitative estimate of drug-likeness (QED) is 0.677. The average molecular weight is 276 g/mol. The molecule has 1 aromatic heterocycles. The van der Waals surface area contributed by atoms with Crippen molar-refractivity contribution in [2.45, 2.75) is 44.7 Å². The van der Waals surface area contributed by atoms with Gasteiger partial charge in [0, 0.05) is 30.4 Å². The summed E-state index contributed by atoms with van der Waals surface area (Å²) in [4.78, 5) is 17.6. The topological polar surface area (TPSA) is 71.3 Å². The van der Waals surface area contributed by atoms with Gasteiger partial charge in [0.25, 0.3) is 0 Å². The van der Waals surface area contributed by atoms with Crippen molar-refractivity contribution < 1.29 is 4.92 Å². The Labute approximate surface area is 118 Å². The first kappa shape index (κ1) is 13.3. The van der Waals surface area contributed by atoms with Crippen molar-refractivity contribution in [1.82, 2.24) is 9.88 Å². The molecule has 0 bridgehead atoms. The maximum atomic E-state index is 11.1. The van der Waals surface area contributed by atoms with Crippen LogP contribution in [0.1, 0.15) is 31.4 Å². The molecule has 1 aromatic rings. The highest BCUT2D eigenvalue weighted by atomic mass is 16.6. The Kier molecular flexibility index (Phi) is 3.56. The van der Waals surface area contributed by atoms with E-state index in [0.29, 0.717) is 11.9 Å². The Morgan fingerprint density at radius 3 is 3.00 bits per heavy atom. The minimum atomic E-state index is -0.359. The minimum absolute atomic E-state index is 0.0739. The summed E-state index contributed by atoms with van der Waals surface area (Å²) in [6.45, 7) is 4.10. The number of nitro groups is 1. The van der Waals surface area contributed by atoms with Crippen LogP contribution in [0.4, 0.5) is 11.5 Å². The zero-order chi connectivity index (χ0) is 14.1. The van der Waals surface area contributed by atoms with Crippen LogP contribution in [0.25, 0.3) is 0 Å². The van der Waals surface area contributed by atoms with Gasteiger partial charge in [0.1, 0.15) is 0 Å². The van der Waals surface area contributed by atoms with Gasteiger partial charge in [-0.05, 0) is 38.8 Å². The van der Waals surface area contributed by atoms with Crippen molar-refractivity contribution in [2.75, 3.05) is 18.4 Å². The van der Waals surface area contributed by atoms with Gasteiger partial charge in [-0.3, -0.25) is 15.0 Å². The van der Waals surface area contributed by atoms with E-state index in [1.807, 2.05) is 6.92 Å². The van der Waals surface area contributed by atoms with Crippen molar-refractivity contribution in [2.24, 2.45) is 0 Å². The summed E-state index contributed by atoms with van der Waals surface area (Å²) in [7, 11) is 0. The second-order valence-electron chi connectivity index (χ2n) is 5.72. The third-order valence-electron chi connectivity index (χ3n) is 4.39. The van der Waals surface area contributed by atoms with Crippen molar-refractivity contribution in [3.05, 3.63) is 27.9 Å². The Morgan fingerprint density at radius 2 is 2.20 bits per heavy atom. The van der Waals surface area contributed by atoms with Crippen LogP contribution in [0.2, 0.25) is 0 Å². The number of aromatic nitrogens is 1. The van der Waals surface area contributed by atoms with Crippen LogP contribution < -0.4 is 5.32 Å². The monoisotopic (exact) mass is 276 g/mol. The van der Waals surface area contributed by atoms with E-state index in [0.717, 1.165) is 25.2 Å². The molecule has 3 rings (SSSR count). The van der Waals surface area contributed by atoms with Gasteiger partial charge in [-0.25, -0.2) is 4.98 Å². The molecule has 108 valence electrons. The lowest BCUT2D eigenvalue weighted by atomic mass is 9.99. The van der Waals surface area contributed by atoms with Gasteiger partial charge in [-0.1, -0.05) is 6.42 Å². The lowest BCUT2D eigenvalue weighted by Crippen LogP contribution is -2.41. The summed E-state index contributed by atoms with van der Waals surface area (Å²) in [6, 6.07) is 4.01. The van der Waals surface area contributed by atoms with E-state index in [1.165, 1.54) is 25.3 Å². The molecule has 0 spiro atoms. The number of rotatable bonds is 3. The number of fused-ring (bicyclic) bond motifs is 1. The van der Waals surface area contributed by atoms with Gasteiger partial charge in [0.15, 0.2) is 0 Å². The summed E-state index contributed by atoms with van der Waals surface area (Å²) in [5.41, 5.74) is 0.876. The molecular formula is C14H20N4O2. The van der Waals surface area contributed by atoms with E-state index in [1.54, 1.807) is 6.07 Å². The van der Waals surface area contributed by atoms with E-state index in [4.69, 9.17) is 0 Å². The number of hydrogen-bond donors (Lipinski definition) is 1. The zero-order valence-corrected chi connectivity index (χ0v) is 11.7. The number of piperidine rings is 1. The van der Waals surface area contributed by atoms with Crippen LogP contribution in [-0.4, -0.2) is 40.0 Å². The van der Waals surface area contributed by atoms with E-state index < -0.39 is 0 Å². The summed E-state index contributed by atoms with van der Waals surface area (Å²) in [5.74, 6) is 0.424. The van der Waals surface area contributed by atoms with Gasteiger partial charge in [-0.2, -0.15) is 0 Å². The third kappa shape index (κ3) is 2.47. The molecule has 6 heteroatoms. The first-order chi connectivity index (χ1) is 9.65. The highest BCUT2D eigenvalue weighted by molar-refractivity contribution is 5.57. The molecule has 2 saturated heterocycles. The van der Waals surface area contributed by atoms with Crippen molar-refractivity contribution in [1.29, 1.82) is 0 Å². The smallest absolute Gasteiger partial charge is 0.311 e. The molecule has 2 aliphatic rings. The molecule has 3 heterocycles. The predicted molar refractivity (Wildman–Crippen MR) is 76.9 cm³/mol. The normalized spacial score (nSPS) is 26.2. The highest BCUT2D eigenvalue weighted by Crippen LogP contribution is 2.31. The maximum Gasteiger partial charge on any atom is 0.311 e. The van der Waals surface area contributed by atoms with Gasteiger partial charge in [0.05, 0.1) is 4.92 Å². The lowest BCUT2D eigenvalue weighted by molar-refractivity contribution is -0.384. The predicted octanol–water partition coefficient (Wildman–Crippen LogP) is 2.34. The van der Waals surface area contributed by atoms with Crippen LogP contribution in [0.15, 0.2) is 12.1 Å². The third-order valence-corrected chi connectivity index (χ3v) is 4.39. The van der Waals surface area contributed by atoms with Crippen LogP contribution >= 0.6 is 0 Å². The molecule has 6 nitrogen and oxygen atoms in total. The van der Waals surface area contributed by atoms with Crippen molar-refractivity contribution in [3.8, 4) is 0 Å². The molecule has 0 aromatic carbocycles. The largest absolute Gasteiger partial charge is 0.360 e. The van der Waals surface area contributed by atoms with Crippen molar-refractivity contribution >= 4 is 11.5 Å². The molecule has 0 radical (unpaired) electrons. The van der Waals surface area contributed by atoms with Gasteiger partial charge < -0.3 is 5.32 Å². The van der Waals surface area contributed by atoms with Crippen LogP contribution in [0.5, 0.6) is 0 Å². The molecular weight excluding hydrogens is 256 g/mol. The second-order valence-corrected chi connectivity index (χ2v) is 5.72. The summed E-state index contributed by atoms with van der Waals surface area (Å²) >= 11 is 0. The van der Waals surface area contributed by atoms with E-state index in [-0.39, 0.29) is 16.7 Å². The Morgan fingerprint density at radius 1 is 1.35 bits per heavy atom. The number of pyridine rings is 1. The molecule has 2 fully saturated rings. The highest BCUT2D eigenvalue weighted by Gasteiger charge is 2.36. The second kappa shape index (κ2) is 5.36. The van der Waals surface area contributed by atoms with E-state index in [9.17, 15) is 10.1 Å². The number of hydrogen-bond acceptors (Lipinski definition) is 5. The fourth-order valence-corrected chi connectivity index (χ4v) is 3.39. The molecule has 1 N–H and O–H groups in total. The number of anilines is 1. The summed E-state index contributed by atoms with van der Waals surface area (Å²) in [5, 5.41) is 14.4. The summed E-state index contributed by atoms with van der Waals surface area (Å²) < 4.78 is 0. The van der Waals surface area contributed by atoms with Crippen molar-refractivity contribution in [3.63, 3.8) is 0 Å². The Hall–Kier alpha value is -1.69. The first-order valence-electron chi connectivity index (χ1n) is 7.28. The SMILES string of the molecule is Cc1ccc([N+](=O)[O-])c(NC2CCN3CCCCC23)n1. The number of aryl methyl sites for hydroxylation is 1. The standard InChI is InChI=1S/C14H20N4O2/c1-10-5-6-13(18(19)20)14(15-10)16-11-7-9-17-8-3-2-4-12(11)17/h5-6,11-12H,2-4,7-9H2,1H3,(H,15,16). The Bertz CT molecular complexity index is 520. The van der Waals surface area contributed by atoms with Crippen LogP contribution in [0.3, 0.4) is 0 Å². The minimum Gasteiger partial charge on any atom is -0.360 e. The lowest BCUT2D eigenvalue weighted by Gasteiger charge is -2.32. The fraction of sp³-hybridized carbons (Fsp3) is 0.643. The van der Waals surface area contributed by atoms with Crippen LogP contribution in [0, 0.1) is 17.0 Å². The van der Waals surface area contributed by atoms with E-state index >= 15 is 0 Å². The van der Waals surface area contributed by atoms with Gasteiger partial charge in [0.2, 0.25) is 5.82 Å². The average Bonchev–Trinajstić information content (AvgIpc) is 2.82. The Balaban J connectivity index is 1.80. The molecule has 0 saturated carbocycles. The molecule has 2 atom stereocenters. The molecule has 2 unspecified atom stereocenters.